The van der Waals surface area contributed by atoms with E-state index in [0.717, 1.165) is 22.1 Å². The summed E-state index contributed by atoms with van der Waals surface area (Å²) in [5.74, 6) is 0. The molecule has 0 spiro atoms. The van der Waals surface area contributed by atoms with Crippen molar-refractivity contribution < 1.29 is 8.42 Å². The Hall–Kier alpha value is -2.06. The van der Waals surface area contributed by atoms with Gasteiger partial charge < -0.3 is 0 Å². The third kappa shape index (κ3) is 2.04. The fraction of sp³-hybridized carbons (Fsp3) is 0. The summed E-state index contributed by atoms with van der Waals surface area (Å²) < 4.78 is 25.6. The Bertz CT molecular complexity index is 859. The molecule has 3 heterocycles. The predicted molar refractivity (Wildman–Crippen MR) is 69.9 cm³/mol. The average molecular weight is 293 g/mol. The second-order valence-corrected chi connectivity index (χ2v) is 6.92. The molecule has 0 radical (unpaired) electrons. The van der Waals surface area contributed by atoms with E-state index in [0.29, 0.717) is 5.52 Å². The number of nitrogens with one attached hydrogen (secondary N) is 1. The first kappa shape index (κ1) is 12.0. The molecule has 0 aliphatic carbocycles. The van der Waals surface area contributed by atoms with Crippen molar-refractivity contribution in [2.45, 2.75) is 9.24 Å². The van der Waals surface area contributed by atoms with Crippen LogP contribution < -0.4 is 5.56 Å². The molecular formula is C11H7N3O3S2. The van der Waals surface area contributed by atoms with Crippen LogP contribution in [0, 0.1) is 0 Å². The Kier molecular flexibility index (Phi) is 2.68. The Morgan fingerprint density at radius 2 is 2.05 bits per heavy atom. The minimum absolute atomic E-state index is 0.153. The molecular weight excluding hydrogens is 286 g/mol. The van der Waals surface area contributed by atoms with Crippen molar-refractivity contribution in [2.24, 2.45) is 0 Å². The third-order valence-corrected chi connectivity index (χ3v) is 5.68. The van der Waals surface area contributed by atoms with E-state index in [2.05, 4.69) is 15.2 Å². The molecule has 0 unspecified atom stereocenters. The zero-order valence-corrected chi connectivity index (χ0v) is 11.0. The van der Waals surface area contributed by atoms with E-state index in [4.69, 9.17) is 0 Å². The highest BCUT2D eigenvalue weighted by Crippen LogP contribution is 2.30. The third-order valence-electron chi connectivity index (χ3n) is 2.46. The van der Waals surface area contributed by atoms with Crippen LogP contribution in [-0.2, 0) is 9.84 Å². The highest BCUT2D eigenvalue weighted by atomic mass is 32.2. The summed E-state index contributed by atoms with van der Waals surface area (Å²) in [6.07, 6.45) is 1.60. The molecule has 96 valence electrons. The highest BCUT2D eigenvalue weighted by Gasteiger charge is 2.22. The summed E-state index contributed by atoms with van der Waals surface area (Å²) in [6.45, 7) is 0. The molecule has 0 amide bonds. The minimum atomic E-state index is -3.72. The largest absolute Gasteiger partial charge is 0.268 e. The van der Waals surface area contributed by atoms with E-state index in [9.17, 15) is 13.2 Å². The van der Waals surface area contributed by atoms with Crippen molar-refractivity contribution in [1.82, 2.24) is 15.2 Å². The van der Waals surface area contributed by atoms with Crippen LogP contribution in [0.15, 0.2) is 50.6 Å². The topological polar surface area (TPSA) is 92.8 Å². The van der Waals surface area contributed by atoms with E-state index in [1.165, 1.54) is 12.1 Å². The molecule has 0 aliphatic rings. The Morgan fingerprint density at radius 1 is 1.21 bits per heavy atom. The van der Waals surface area contributed by atoms with Crippen molar-refractivity contribution in [2.75, 3.05) is 0 Å². The molecule has 3 rings (SSSR count). The van der Waals surface area contributed by atoms with Gasteiger partial charge in [-0.1, -0.05) is 0 Å². The van der Waals surface area contributed by atoms with Gasteiger partial charge in [-0.25, -0.2) is 13.5 Å². The van der Waals surface area contributed by atoms with Gasteiger partial charge in [0, 0.05) is 12.3 Å². The maximum Gasteiger partial charge on any atom is 0.264 e. The van der Waals surface area contributed by atoms with Crippen LogP contribution in [0.1, 0.15) is 0 Å². The van der Waals surface area contributed by atoms with Gasteiger partial charge in [0.2, 0.25) is 9.84 Å². The van der Waals surface area contributed by atoms with Crippen molar-refractivity contribution in [3.05, 3.63) is 46.9 Å². The molecule has 1 N–H and O–H groups in total. The Morgan fingerprint density at radius 3 is 2.74 bits per heavy atom. The number of rotatable bonds is 2. The normalized spacial score (nSPS) is 11.8. The lowest BCUT2D eigenvalue weighted by Gasteiger charge is -1.98. The number of thiophene rings is 1. The van der Waals surface area contributed by atoms with Gasteiger partial charge in [-0.2, -0.15) is 5.10 Å². The van der Waals surface area contributed by atoms with Gasteiger partial charge in [-0.05, 0) is 24.3 Å². The summed E-state index contributed by atoms with van der Waals surface area (Å²) in [4.78, 5) is 15.0. The van der Waals surface area contributed by atoms with E-state index >= 15 is 0 Å². The first-order chi connectivity index (χ1) is 9.07. The van der Waals surface area contributed by atoms with Crippen molar-refractivity contribution in [1.29, 1.82) is 0 Å². The van der Waals surface area contributed by atoms with Crippen molar-refractivity contribution in [3.8, 4) is 0 Å². The number of hydrogen-bond acceptors (Lipinski definition) is 6. The molecule has 0 atom stereocenters. The lowest BCUT2D eigenvalue weighted by Crippen LogP contribution is -2.11. The molecule has 3 aromatic heterocycles. The SMILES string of the molecule is O=c1ccc(S(=O)(=O)c2cc3ncccc3s2)n[nH]1. The number of nitrogens with zero attached hydrogens (tertiary/aromatic N) is 2. The number of H-pyrrole nitrogens is 1. The summed E-state index contributed by atoms with van der Waals surface area (Å²) in [5.41, 5.74) is 0.174. The van der Waals surface area contributed by atoms with E-state index in [1.807, 2.05) is 0 Å². The van der Waals surface area contributed by atoms with Gasteiger partial charge >= 0.3 is 0 Å². The second kappa shape index (κ2) is 4.25. The molecule has 8 heteroatoms. The number of sulfone groups is 1. The number of pyridine rings is 1. The standard InChI is InChI=1S/C11H7N3O3S2/c15-9-3-4-10(14-13-9)19(16,17)11-6-7-8(18-11)2-1-5-12-7/h1-6H,(H,13,15). The molecule has 0 saturated heterocycles. The first-order valence-electron chi connectivity index (χ1n) is 5.23. The fourth-order valence-electron chi connectivity index (χ4n) is 1.56. The first-order valence-corrected chi connectivity index (χ1v) is 7.53. The van der Waals surface area contributed by atoms with Crippen LogP contribution in [0.2, 0.25) is 0 Å². The molecule has 0 bridgehead atoms. The molecule has 0 aromatic carbocycles. The average Bonchev–Trinajstić information content (AvgIpc) is 2.83. The van der Waals surface area contributed by atoms with Gasteiger partial charge in [-0.3, -0.25) is 9.78 Å². The highest BCUT2D eigenvalue weighted by molar-refractivity contribution is 7.93. The Labute approximate surface area is 111 Å². The van der Waals surface area contributed by atoms with Crippen molar-refractivity contribution in [3.63, 3.8) is 0 Å². The molecule has 0 saturated carbocycles. The van der Waals surface area contributed by atoms with Crippen LogP contribution in [0.25, 0.3) is 10.2 Å². The fourth-order valence-corrected chi connectivity index (χ4v) is 4.16. The Balaban J connectivity index is 2.19. The van der Waals surface area contributed by atoms with E-state index < -0.39 is 15.4 Å². The van der Waals surface area contributed by atoms with Crippen molar-refractivity contribution >= 4 is 31.4 Å². The summed E-state index contributed by atoms with van der Waals surface area (Å²) in [6, 6.07) is 7.36. The van der Waals surface area contributed by atoms with Gasteiger partial charge in [0.05, 0.1) is 10.2 Å². The van der Waals surface area contributed by atoms with Gasteiger partial charge in [-0.15, -0.1) is 11.3 Å². The summed E-state index contributed by atoms with van der Waals surface area (Å²) in [5, 5.41) is 5.49. The van der Waals surface area contributed by atoms with Crippen LogP contribution in [0.3, 0.4) is 0 Å². The minimum Gasteiger partial charge on any atom is -0.268 e. The lowest BCUT2D eigenvalue weighted by molar-refractivity contribution is 0.591. The maximum atomic E-state index is 12.3. The number of aromatic nitrogens is 3. The van der Waals surface area contributed by atoms with E-state index in [1.54, 1.807) is 18.3 Å². The van der Waals surface area contributed by atoms with Gasteiger partial charge in [0.25, 0.3) is 5.56 Å². The summed E-state index contributed by atoms with van der Waals surface area (Å²) in [7, 11) is -3.72. The number of hydrogen-bond donors (Lipinski definition) is 1. The molecule has 3 aromatic rings. The quantitative estimate of drug-likeness (QED) is 0.766. The number of fused-ring (bicyclic) bond motifs is 1. The molecule has 19 heavy (non-hydrogen) atoms. The summed E-state index contributed by atoms with van der Waals surface area (Å²) >= 11 is 1.12. The predicted octanol–water partition coefficient (Wildman–Crippen LogP) is 1.21. The monoisotopic (exact) mass is 293 g/mol. The van der Waals surface area contributed by atoms with Crippen LogP contribution in [-0.4, -0.2) is 23.6 Å². The molecule has 6 nitrogen and oxygen atoms in total. The number of aromatic amines is 1. The lowest BCUT2D eigenvalue weighted by atomic mass is 10.4. The molecule has 0 aliphatic heterocycles. The van der Waals surface area contributed by atoms with Gasteiger partial charge in [0.1, 0.15) is 4.21 Å². The molecule has 0 fully saturated rings. The smallest absolute Gasteiger partial charge is 0.264 e. The maximum absolute atomic E-state index is 12.3. The second-order valence-electron chi connectivity index (χ2n) is 3.72. The zero-order chi connectivity index (χ0) is 13.5. The van der Waals surface area contributed by atoms with Gasteiger partial charge in [0.15, 0.2) is 5.03 Å². The van der Waals surface area contributed by atoms with Crippen LogP contribution in [0.4, 0.5) is 0 Å². The van der Waals surface area contributed by atoms with Crippen LogP contribution >= 0.6 is 11.3 Å². The van der Waals surface area contributed by atoms with Crippen LogP contribution in [0.5, 0.6) is 0 Å². The zero-order valence-electron chi connectivity index (χ0n) is 9.40. The van der Waals surface area contributed by atoms with E-state index in [-0.39, 0.29) is 9.24 Å².